The molecule has 2 aliphatic heterocycles. The Labute approximate surface area is 141 Å². The molecule has 0 aromatic heterocycles. The van der Waals surface area contributed by atoms with E-state index < -0.39 is 17.3 Å². The highest BCUT2D eigenvalue weighted by molar-refractivity contribution is 5.56. The fourth-order valence-corrected chi connectivity index (χ4v) is 4.49. The molecule has 2 nitrogen and oxygen atoms in total. The van der Waals surface area contributed by atoms with Gasteiger partial charge in [-0.2, -0.15) is 0 Å². The van der Waals surface area contributed by atoms with E-state index in [2.05, 4.69) is 30.3 Å². The van der Waals surface area contributed by atoms with Crippen molar-refractivity contribution in [2.75, 3.05) is 0 Å². The molecule has 2 heterocycles. The molecule has 3 aromatic rings. The van der Waals surface area contributed by atoms with E-state index >= 15 is 0 Å². The second-order valence-corrected chi connectivity index (χ2v) is 6.66. The molecule has 24 heavy (non-hydrogen) atoms. The number of ether oxygens (including phenoxy) is 1. The van der Waals surface area contributed by atoms with Crippen LogP contribution in [0.3, 0.4) is 0 Å². The van der Waals surface area contributed by atoms with Crippen LogP contribution < -0.4 is 0 Å². The van der Waals surface area contributed by atoms with Gasteiger partial charge in [0.2, 0.25) is 0 Å². The first kappa shape index (κ1) is 14.0. The summed E-state index contributed by atoms with van der Waals surface area (Å²) in [5, 5.41) is 11.1. The number of benzene rings is 3. The van der Waals surface area contributed by atoms with Gasteiger partial charge in [-0.25, -0.2) is 0 Å². The Kier molecular flexibility index (Phi) is 2.79. The predicted octanol–water partition coefficient (Wildman–Crippen LogP) is 3.97. The van der Waals surface area contributed by atoms with Gasteiger partial charge in [-0.05, 0) is 22.3 Å². The third kappa shape index (κ3) is 1.57. The topological polar surface area (TPSA) is 29.5 Å². The molecule has 1 N–H and O–H groups in total. The number of aliphatic hydroxyl groups is 1. The standard InChI is InChI=1S/C22H18O2/c23-20-15-21(16-9-3-1-4-10-16)18-13-7-8-14-19(18)22(20,24-21)17-11-5-2-6-12-17/h1-14,20,23H,15H2/t20-,21-,22-/m0/s1. The number of hydrogen-bond acceptors (Lipinski definition) is 2. The fraction of sp³-hybridized carbons (Fsp3) is 0.182. The molecule has 5 rings (SSSR count). The van der Waals surface area contributed by atoms with Crippen LogP contribution in [-0.4, -0.2) is 11.2 Å². The Bertz CT molecular complexity index is 890. The van der Waals surface area contributed by atoms with Crippen LogP contribution in [0.15, 0.2) is 84.9 Å². The van der Waals surface area contributed by atoms with E-state index in [1.54, 1.807) is 0 Å². The van der Waals surface area contributed by atoms with E-state index in [9.17, 15) is 5.11 Å². The SMILES string of the molecule is O[C@H]1C[C@@]2(c3ccccc3)O[C@@]1(c1ccccc1)c1ccccc12. The summed E-state index contributed by atoms with van der Waals surface area (Å²) in [6, 6.07) is 28.7. The Balaban J connectivity index is 1.81. The fourth-order valence-electron chi connectivity index (χ4n) is 4.49. The van der Waals surface area contributed by atoms with Crippen molar-refractivity contribution in [3.63, 3.8) is 0 Å². The molecule has 0 unspecified atom stereocenters. The zero-order valence-electron chi connectivity index (χ0n) is 13.2. The monoisotopic (exact) mass is 314 g/mol. The molecule has 2 aliphatic rings. The lowest BCUT2D eigenvalue weighted by Crippen LogP contribution is -2.37. The zero-order chi connectivity index (χ0) is 16.2. The minimum absolute atomic E-state index is 0.572. The van der Waals surface area contributed by atoms with Gasteiger partial charge in [0.15, 0.2) is 0 Å². The molecule has 1 saturated heterocycles. The van der Waals surface area contributed by atoms with Gasteiger partial charge in [-0.1, -0.05) is 84.9 Å². The molecule has 0 radical (unpaired) electrons. The van der Waals surface area contributed by atoms with Crippen LogP contribution in [0.5, 0.6) is 0 Å². The highest BCUT2D eigenvalue weighted by Gasteiger charge is 2.65. The summed E-state index contributed by atoms with van der Waals surface area (Å²) >= 11 is 0. The van der Waals surface area contributed by atoms with E-state index in [4.69, 9.17) is 4.74 Å². The summed E-state index contributed by atoms with van der Waals surface area (Å²) in [7, 11) is 0. The first-order chi connectivity index (χ1) is 11.8. The maximum Gasteiger partial charge on any atom is 0.146 e. The second kappa shape index (κ2) is 4.79. The minimum atomic E-state index is -0.784. The molecule has 1 fully saturated rings. The van der Waals surface area contributed by atoms with Crippen molar-refractivity contribution in [3.8, 4) is 0 Å². The van der Waals surface area contributed by atoms with Crippen LogP contribution in [0, 0.1) is 0 Å². The Morgan fingerprint density at radius 3 is 1.92 bits per heavy atom. The summed E-state index contributed by atoms with van der Waals surface area (Å²) < 4.78 is 6.75. The molecule has 0 saturated carbocycles. The van der Waals surface area contributed by atoms with Crippen LogP contribution in [0.25, 0.3) is 0 Å². The quantitative estimate of drug-likeness (QED) is 0.775. The van der Waals surface area contributed by atoms with Crippen LogP contribution in [-0.2, 0) is 15.9 Å². The summed E-state index contributed by atoms with van der Waals surface area (Å²) in [5.74, 6) is 0. The number of aliphatic hydroxyl groups excluding tert-OH is 1. The molecule has 0 aliphatic carbocycles. The van der Waals surface area contributed by atoms with Gasteiger partial charge in [-0.15, -0.1) is 0 Å². The molecule has 3 atom stereocenters. The summed E-state index contributed by atoms with van der Waals surface area (Å²) in [4.78, 5) is 0. The molecule has 0 spiro atoms. The molecule has 118 valence electrons. The maximum absolute atomic E-state index is 11.1. The third-order valence-corrected chi connectivity index (χ3v) is 5.49. The first-order valence-corrected chi connectivity index (χ1v) is 8.37. The molecule has 2 bridgehead atoms. The highest BCUT2D eigenvalue weighted by Crippen LogP contribution is 2.63. The molecule has 2 heteroatoms. The lowest BCUT2D eigenvalue weighted by atomic mass is 9.70. The summed E-state index contributed by atoms with van der Waals surface area (Å²) in [6.45, 7) is 0. The molecular formula is C22H18O2. The largest absolute Gasteiger partial charge is 0.389 e. The molecule has 3 aromatic carbocycles. The van der Waals surface area contributed by atoms with Gasteiger partial charge >= 0.3 is 0 Å². The minimum Gasteiger partial charge on any atom is -0.389 e. The van der Waals surface area contributed by atoms with Gasteiger partial charge in [0.05, 0.1) is 6.10 Å². The predicted molar refractivity (Wildman–Crippen MR) is 92.6 cm³/mol. The average molecular weight is 314 g/mol. The van der Waals surface area contributed by atoms with Crippen LogP contribution in [0.2, 0.25) is 0 Å². The van der Waals surface area contributed by atoms with Crippen LogP contribution in [0.4, 0.5) is 0 Å². The van der Waals surface area contributed by atoms with Crippen molar-refractivity contribution in [1.29, 1.82) is 0 Å². The number of fused-ring (bicyclic) bond motifs is 5. The average Bonchev–Trinajstić information content (AvgIpc) is 3.14. The second-order valence-electron chi connectivity index (χ2n) is 6.66. The van der Waals surface area contributed by atoms with Crippen molar-refractivity contribution in [2.45, 2.75) is 23.7 Å². The Morgan fingerprint density at radius 2 is 1.25 bits per heavy atom. The molecular weight excluding hydrogens is 296 g/mol. The van der Waals surface area contributed by atoms with Crippen molar-refractivity contribution in [1.82, 2.24) is 0 Å². The lowest BCUT2D eigenvalue weighted by molar-refractivity contribution is -0.0682. The lowest BCUT2D eigenvalue weighted by Gasteiger charge is -2.32. The molecule has 0 amide bonds. The highest BCUT2D eigenvalue weighted by atomic mass is 16.6. The summed E-state index contributed by atoms with van der Waals surface area (Å²) in [5.41, 5.74) is 3.01. The number of rotatable bonds is 2. The van der Waals surface area contributed by atoms with E-state index in [1.807, 2.05) is 54.6 Å². The van der Waals surface area contributed by atoms with E-state index in [-0.39, 0.29) is 0 Å². The summed E-state index contributed by atoms with van der Waals surface area (Å²) in [6.07, 6.45) is -0.00173. The van der Waals surface area contributed by atoms with Crippen molar-refractivity contribution < 1.29 is 9.84 Å². The Hall–Kier alpha value is -2.42. The zero-order valence-corrected chi connectivity index (χ0v) is 13.2. The van der Waals surface area contributed by atoms with E-state index in [1.165, 1.54) is 5.56 Å². The third-order valence-electron chi connectivity index (χ3n) is 5.49. The maximum atomic E-state index is 11.1. The van der Waals surface area contributed by atoms with Gasteiger partial charge in [0.1, 0.15) is 11.2 Å². The van der Waals surface area contributed by atoms with E-state index in [0.717, 1.165) is 16.7 Å². The normalized spacial score (nSPS) is 30.3. The van der Waals surface area contributed by atoms with Gasteiger partial charge < -0.3 is 9.84 Å². The van der Waals surface area contributed by atoms with Crippen LogP contribution in [0.1, 0.15) is 28.7 Å². The Morgan fingerprint density at radius 1 is 0.708 bits per heavy atom. The first-order valence-electron chi connectivity index (χ1n) is 8.37. The van der Waals surface area contributed by atoms with Gasteiger partial charge in [0, 0.05) is 6.42 Å². The smallest absolute Gasteiger partial charge is 0.146 e. The van der Waals surface area contributed by atoms with Gasteiger partial charge in [0.25, 0.3) is 0 Å². The van der Waals surface area contributed by atoms with Crippen LogP contribution >= 0.6 is 0 Å². The van der Waals surface area contributed by atoms with Gasteiger partial charge in [-0.3, -0.25) is 0 Å². The van der Waals surface area contributed by atoms with E-state index in [0.29, 0.717) is 6.42 Å². The van der Waals surface area contributed by atoms with Crippen molar-refractivity contribution >= 4 is 0 Å². The van der Waals surface area contributed by atoms with Crippen molar-refractivity contribution in [2.24, 2.45) is 0 Å². The number of hydrogen-bond donors (Lipinski definition) is 1. The van der Waals surface area contributed by atoms with Crippen molar-refractivity contribution in [3.05, 3.63) is 107 Å².